The Bertz CT molecular complexity index is 807. The lowest BCUT2D eigenvalue weighted by molar-refractivity contribution is 0.0240. The average molecular weight is 375 g/mol. The minimum absolute atomic E-state index is 0.224. The normalized spacial score (nSPS) is 15.1. The van der Waals surface area contributed by atoms with Gasteiger partial charge in [-0.25, -0.2) is 24.4 Å². The molecule has 1 saturated heterocycles. The number of piperazine rings is 1. The highest BCUT2D eigenvalue weighted by Gasteiger charge is 2.27. The Morgan fingerprint density at radius 1 is 1.22 bits per heavy atom. The van der Waals surface area contributed by atoms with Gasteiger partial charge in [-0.05, 0) is 26.8 Å². The zero-order chi connectivity index (χ0) is 19.6. The molecular formula is C17H25N7O3. The summed E-state index contributed by atoms with van der Waals surface area (Å²) in [6.07, 6.45) is 1.37. The summed E-state index contributed by atoms with van der Waals surface area (Å²) < 4.78 is 7.00. The summed E-state index contributed by atoms with van der Waals surface area (Å²) in [5, 5.41) is 13.3. The van der Waals surface area contributed by atoms with Crippen LogP contribution < -0.4 is 4.90 Å². The molecule has 1 amide bonds. The zero-order valence-corrected chi connectivity index (χ0v) is 16.1. The minimum Gasteiger partial charge on any atom is -0.444 e. The molecule has 3 heterocycles. The Kier molecular flexibility index (Phi) is 5.26. The highest BCUT2D eigenvalue weighted by Crippen LogP contribution is 2.19. The van der Waals surface area contributed by atoms with Crippen LogP contribution in [0.4, 0.5) is 10.7 Å². The van der Waals surface area contributed by atoms with Crippen LogP contribution in [0.2, 0.25) is 0 Å². The van der Waals surface area contributed by atoms with Crippen molar-refractivity contribution in [3.8, 4) is 11.5 Å². The Labute approximate surface area is 157 Å². The van der Waals surface area contributed by atoms with Crippen molar-refractivity contribution < 1.29 is 14.6 Å². The Balaban J connectivity index is 1.68. The van der Waals surface area contributed by atoms with Crippen LogP contribution in [-0.4, -0.2) is 72.6 Å². The molecule has 146 valence electrons. The van der Waals surface area contributed by atoms with Gasteiger partial charge in [0.05, 0.1) is 0 Å². The molecule has 0 aromatic carbocycles. The van der Waals surface area contributed by atoms with Gasteiger partial charge in [0, 0.05) is 39.4 Å². The summed E-state index contributed by atoms with van der Waals surface area (Å²) in [5.41, 5.74) is 0.124. The smallest absolute Gasteiger partial charge is 0.410 e. The Morgan fingerprint density at radius 3 is 2.52 bits per heavy atom. The molecule has 1 aliphatic rings. The first-order valence-corrected chi connectivity index (χ1v) is 8.84. The topological polar surface area (TPSA) is 110 Å². The monoisotopic (exact) mass is 375 g/mol. The van der Waals surface area contributed by atoms with Crippen LogP contribution >= 0.6 is 0 Å². The number of rotatable bonds is 3. The van der Waals surface area contributed by atoms with Crippen LogP contribution in [0.15, 0.2) is 12.3 Å². The molecule has 0 aliphatic carbocycles. The van der Waals surface area contributed by atoms with Gasteiger partial charge in [-0.15, -0.1) is 0 Å². The van der Waals surface area contributed by atoms with Gasteiger partial charge in [0.2, 0.25) is 5.95 Å². The average Bonchev–Trinajstić information content (AvgIpc) is 3.01. The molecule has 27 heavy (non-hydrogen) atoms. The zero-order valence-electron chi connectivity index (χ0n) is 16.1. The third-order valence-electron chi connectivity index (χ3n) is 4.03. The predicted molar refractivity (Wildman–Crippen MR) is 98.0 cm³/mol. The second-order valence-electron chi connectivity index (χ2n) is 7.33. The van der Waals surface area contributed by atoms with Gasteiger partial charge in [0.1, 0.15) is 17.9 Å². The van der Waals surface area contributed by atoms with E-state index >= 15 is 0 Å². The molecule has 2 aromatic rings. The van der Waals surface area contributed by atoms with Gasteiger partial charge in [-0.2, -0.15) is 5.10 Å². The van der Waals surface area contributed by atoms with Crippen molar-refractivity contribution in [2.24, 2.45) is 7.05 Å². The van der Waals surface area contributed by atoms with E-state index in [1.165, 1.54) is 0 Å². The highest BCUT2D eigenvalue weighted by molar-refractivity contribution is 5.68. The van der Waals surface area contributed by atoms with Crippen LogP contribution in [0, 0.1) is 0 Å². The van der Waals surface area contributed by atoms with Crippen LogP contribution in [-0.2, 0) is 18.4 Å². The molecule has 10 heteroatoms. The van der Waals surface area contributed by atoms with Crippen molar-refractivity contribution in [1.82, 2.24) is 29.6 Å². The number of nitrogens with zero attached hydrogens (tertiary/aromatic N) is 7. The van der Waals surface area contributed by atoms with E-state index in [9.17, 15) is 9.90 Å². The molecule has 3 rings (SSSR count). The van der Waals surface area contributed by atoms with Crippen molar-refractivity contribution in [1.29, 1.82) is 0 Å². The second kappa shape index (κ2) is 7.47. The Hall–Kier alpha value is -2.75. The molecule has 1 fully saturated rings. The molecule has 0 spiro atoms. The van der Waals surface area contributed by atoms with Gasteiger partial charge in [-0.3, -0.25) is 0 Å². The summed E-state index contributed by atoms with van der Waals surface area (Å²) >= 11 is 0. The molecule has 1 aliphatic heterocycles. The van der Waals surface area contributed by atoms with Crippen molar-refractivity contribution in [3.05, 3.63) is 18.1 Å². The summed E-state index contributed by atoms with van der Waals surface area (Å²) in [5.74, 6) is 1.48. The largest absolute Gasteiger partial charge is 0.444 e. The molecule has 0 bridgehead atoms. The number of aliphatic hydroxyl groups is 1. The van der Waals surface area contributed by atoms with E-state index in [0.29, 0.717) is 49.5 Å². The van der Waals surface area contributed by atoms with Crippen LogP contribution in [0.5, 0.6) is 0 Å². The number of aliphatic hydroxyl groups excluding tert-OH is 1. The molecule has 1 N–H and O–H groups in total. The van der Waals surface area contributed by atoms with E-state index in [4.69, 9.17) is 4.74 Å². The third-order valence-corrected chi connectivity index (χ3v) is 4.03. The lowest BCUT2D eigenvalue weighted by Crippen LogP contribution is -2.50. The summed E-state index contributed by atoms with van der Waals surface area (Å²) in [6, 6.07) is 1.76. The maximum atomic E-state index is 12.2. The first kappa shape index (κ1) is 19.0. The standard InChI is InChI=1S/C17H25N7O3/c1-17(2,3)27-16(26)24-9-7-23(8-10-24)15-18-6-5-12(19-15)14-20-13(11-25)21-22(14)4/h5-6,25H,7-11H2,1-4H3. The van der Waals surface area contributed by atoms with Crippen LogP contribution in [0.25, 0.3) is 11.5 Å². The van der Waals surface area contributed by atoms with E-state index in [2.05, 4.69) is 20.1 Å². The second-order valence-corrected chi connectivity index (χ2v) is 7.33. The van der Waals surface area contributed by atoms with Crippen LogP contribution in [0.3, 0.4) is 0 Å². The molecule has 0 unspecified atom stereocenters. The Morgan fingerprint density at radius 2 is 1.93 bits per heavy atom. The van der Waals surface area contributed by atoms with E-state index in [0.717, 1.165) is 0 Å². The lowest BCUT2D eigenvalue weighted by atomic mass is 10.2. The third kappa shape index (κ3) is 4.51. The number of carbonyl (C=O) groups excluding carboxylic acids is 1. The van der Waals surface area contributed by atoms with Gasteiger partial charge in [0.25, 0.3) is 0 Å². The fourth-order valence-corrected chi connectivity index (χ4v) is 2.77. The summed E-state index contributed by atoms with van der Waals surface area (Å²) in [7, 11) is 1.75. The van der Waals surface area contributed by atoms with Gasteiger partial charge in [0.15, 0.2) is 11.6 Å². The van der Waals surface area contributed by atoms with Gasteiger partial charge >= 0.3 is 6.09 Å². The number of anilines is 1. The first-order chi connectivity index (χ1) is 12.8. The molecular weight excluding hydrogens is 350 g/mol. The maximum absolute atomic E-state index is 12.2. The fourth-order valence-electron chi connectivity index (χ4n) is 2.77. The SMILES string of the molecule is Cn1nc(CO)nc1-c1ccnc(N2CCN(C(=O)OC(C)(C)C)CC2)n1. The number of hydrogen-bond acceptors (Lipinski definition) is 8. The maximum Gasteiger partial charge on any atom is 0.410 e. The molecule has 10 nitrogen and oxygen atoms in total. The van der Waals surface area contributed by atoms with E-state index in [1.807, 2.05) is 25.7 Å². The number of aryl methyl sites for hydroxylation is 1. The van der Waals surface area contributed by atoms with Crippen molar-refractivity contribution in [2.75, 3.05) is 31.1 Å². The number of amides is 1. The number of hydrogen-bond donors (Lipinski definition) is 1. The summed E-state index contributed by atoms with van der Waals surface area (Å²) in [4.78, 5) is 29.1. The van der Waals surface area contributed by atoms with Gasteiger partial charge in [-0.1, -0.05) is 0 Å². The van der Waals surface area contributed by atoms with Crippen LogP contribution in [0.1, 0.15) is 26.6 Å². The number of ether oxygens (including phenoxy) is 1. The van der Waals surface area contributed by atoms with Crippen molar-refractivity contribution in [3.63, 3.8) is 0 Å². The summed E-state index contributed by atoms with van der Waals surface area (Å²) in [6.45, 7) is 7.66. The number of aromatic nitrogens is 5. The number of carbonyl (C=O) groups is 1. The van der Waals surface area contributed by atoms with E-state index in [-0.39, 0.29) is 12.7 Å². The van der Waals surface area contributed by atoms with Crippen molar-refractivity contribution >= 4 is 12.0 Å². The highest BCUT2D eigenvalue weighted by atomic mass is 16.6. The van der Waals surface area contributed by atoms with Gasteiger partial charge < -0.3 is 19.6 Å². The van der Waals surface area contributed by atoms with E-state index < -0.39 is 5.60 Å². The first-order valence-electron chi connectivity index (χ1n) is 8.84. The van der Waals surface area contributed by atoms with Crippen molar-refractivity contribution in [2.45, 2.75) is 33.0 Å². The fraction of sp³-hybridized carbons (Fsp3) is 0.588. The minimum atomic E-state index is -0.505. The predicted octanol–water partition coefficient (Wildman–Crippen LogP) is 0.821. The quantitative estimate of drug-likeness (QED) is 0.840. The molecule has 2 aromatic heterocycles. The lowest BCUT2D eigenvalue weighted by Gasteiger charge is -2.35. The molecule has 0 radical (unpaired) electrons. The molecule has 0 saturated carbocycles. The van der Waals surface area contributed by atoms with E-state index in [1.54, 1.807) is 28.9 Å². The molecule has 0 atom stereocenters.